The zero-order valence-electron chi connectivity index (χ0n) is 8.42. The van der Waals surface area contributed by atoms with Crippen LogP contribution in [0.4, 0.5) is 0 Å². The minimum absolute atomic E-state index is 0.277. The van der Waals surface area contributed by atoms with Crippen molar-refractivity contribution in [1.29, 1.82) is 0 Å². The van der Waals surface area contributed by atoms with Gasteiger partial charge < -0.3 is 5.11 Å². The molecular formula is C10H11Cl2NO2. The molecule has 3 nitrogen and oxygen atoms in total. The standard InChI is InChI=1S/C10H11Cl2NO2/c1-10(2,9(14)15)5-6-3-7(11)13-8(12)4-6/h3-4H,5H2,1-2H3,(H,14,15). The molecule has 0 saturated heterocycles. The minimum Gasteiger partial charge on any atom is -0.481 e. The van der Waals surface area contributed by atoms with Gasteiger partial charge in [-0.3, -0.25) is 4.79 Å². The molecule has 15 heavy (non-hydrogen) atoms. The average Bonchev–Trinajstić information content (AvgIpc) is 1.99. The predicted octanol–water partition coefficient (Wildman–Crippen LogP) is 3.04. The Kier molecular flexibility index (Phi) is 3.58. The van der Waals surface area contributed by atoms with Crippen LogP contribution in [0.2, 0.25) is 10.3 Å². The first kappa shape index (κ1) is 12.3. The molecule has 1 rings (SSSR count). The number of halogens is 2. The van der Waals surface area contributed by atoms with Gasteiger partial charge in [-0.25, -0.2) is 4.98 Å². The van der Waals surface area contributed by atoms with Crippen molar-refractivity contribution >= 4 is 29.2 Å². The Bertz CT molecular complexity index is 371. The van der Waals surface area contributed by atoms with Crippen molar-refractivity contribution in [3.05, 3.63) is 28.0 Å². The lowest BCUT2D eigenvalue weighted by Crippen LogP contribution is -2.26. The molecule has 0 radical (unpaired) electrons. The maximum absolute atomic E-state index is 10.9. The molecule has 5 heteroatoms. The lowest BCUT2D eigenvalue weighted by atomic mass is 9.86. The molecular weight excluding hydrogens is 237 g/mol. The molecule has 0 aliphatic rings. The summed E-state index contributed by atoms with van der Waals surface area (Å²) in [6, 6.07) is 3.25. The highest BCUT2D eigenvalue weighted by molar-refractivity contribution is 6.32. The van der Waals surface area contributed by atoms with Crippen molar-refractivity contribution in [3.63, 3.8) is 0 Å². The Balaban J connectivity index is 2.94. The fourth-order valence-electron chi connectivity index (χ4n) is 1.20. The third kappa shape index (κ3) is 3.36. The first-order valence-corrected chi connectivity index (χ1v) is 5.12. The first-order valence-electron chi connectivity index (χ1n) is 4.36. The summed E-state index contributed by atoms with van der Waals surface area (Å²) < 4.78 is 0. The number of hydrogen-bond acceptors (Lipinski definition) is 2. The SMILES string of the molecule is CC(C)(Cc1cc(Cl)nc(Cl)c1)C(=O)O. The van der Waals surface area contributed by atoms with Gasteiger partial charge in [0.25, 0.3) is 0 Å². The van der Waals surface area contributed by atoms with E-state index in [2.05, 4.69) is 4.98 Å². The topological polar surface area (TPSA) is 50.2 Å². The van der Waals surface area contributed by atoms with E-state index in [0.717, 1.165) is 5.56 Å². The van der Waals surface area contributed by atoms with E-state index in [1.807, 2.05) is 0 Å². The monoisotopic (exact) mass is 247 g/mol. The molecule has 0 atom stereocenters. The van der Waals surface area contributed by atoms with Crippen molar-refractivity contribution in [2.75, 3.05) is 0 Å². The molecule has 1 aromatic heterocycles. The van der Waals surface area contributed by atoms with Gasteiger partial charge in [-0.15, -0.1) is 0 Å². The number of carboxylic acid groups (broad SMARTS) is 1. The summed E-state index contributed by atoms with van der Waals surface area (Å²) in [6.07, 6.45) is 0.365. The van der Waals surface area contributed by atoms with E-state index in [-0.39, 0.29) is 10.3 Å². The second-order valence-corrected chi connectivity index (χ2v) is 4.76. The van der Waals surface area contributed by atoms with Crippen LogP contribution in [0.3, 0.4) is 0 Å². The summed E-state index contributed by atoms with van der Waals surface area (Å²) in [5, 5.41) is 9.51. The number of carbonyl (C=O) groups is 1. The van der Waals surface area contributed by atoms with Crippen LogP contribution < -0.4 is 0 Å². The molecule has 0 bridgehead atoms. The summed E-state index contributed by atoms with van der Waals surface area (Å²) in [5.74, 6) is -0.855. The lowest BCUT2D eigenvalue weighted by Gasteiger charge is -2.18. The highest BCUT2D eigenvalue weighted by Gasteiger charge is 2.27. The maximum atomic E-state index is 10.9. The van der Waals surface area contributed by atoms with Gasteiger partial charge in [0.15, 0.2) is 0 Å². The summed E-state index contributed by atoms with van der Waals surface area (Å²) in [7, 11) is 0. The highest BCUT2D eigenvalue weighted by Crippen LogP contribution is 2.24. The zero-order chi connectivity index (χ0) is 11.6. The van der Waals surface area contributed by atoms with Crippen molar-refractivity contribution in [2.24, 2.45) is 5.41 Å². The van der Waals surface area contributed by atoms with E-state index in [4.69, 9.17) is 28.3 Å². The van der Waals surface area contributed by atoms with Crippen LogP contribution in [0.15, 0.2) is 12.1 Å². The summed E-state index contributed by atoms with van der Waals surface area (Å²) in [6.45, 7) is 3.30. The molecule has 0 fully saturated rings. The van der Waals surface area contributed by atoms with Crippen LogP contribution in [-0.2, 0) is 11.2 Å². The van der Waals surface area contributed by atoms with Crippen LogP contribution in [0.1, 0.15) is 19.4 Å². The number of aromatic nitrogens is 1. The molecule has 1 N–H and O–H groups in total. The van der Waals surface area contributed by atoms with Gasteiger partial charge in [-0.05, 0) is 38.0 Å². The van der Waals surface area contributed by atoms with E-state index in [1.54, 1.807) is 26.0 Å². The predicted molar refractivity (Wildman–Crippen MR) is 59.4 cm³/mol. The van der Waals surface area contributed by atoms with Gasteiger partial charge in [0.2, 0.25) is 0 Å². The Morgan fingerprint density at radius 2 is 1.87 bits per heavy atom. The Morgan fingerprint density at radius 1 is 1.40 bits per heavy atom. The maximum Gasteiger partial charge on any atom is 0.309 e. The van der Waals surface area contributed by atoms with Gasteiger partial charge in [-0.2, -0.15) is 0 Å². The van der Waals surface area contributed by atoms with Gasteiger partial charge >= 0.3 is 5.97 Å². The van der Waals surface area contributed by atoms with E-state index < -0.39 is 11.4 Å². The van der Waals surface area contributed by atoms with Crippen molar-refractivity contribution < 1.29 is 9.90 Å². The summed E-state index contributed by atoms with van der Waals surface area (Å²) in [4.78, 5) is 14.7. The van der Waals surface area contributed by atoms with Crippen molar-refractivity contribution in [3.8, 4) is 0 Å². The summed E-state index contributed by atoms with van der Waals surface area (Å²) in [5.41, 5.74) is -0.0685. The molecule has 0 saturated carbocycles. The highest BCUT2D eigenvalue weighted by atomic mass is 35.5. The Morgan fingerprint density at radius 3 is 2.27 bits per heavy atom. The number of hydrogen-bond donors (Lipinski definition) is 1. The van der Waals surface area contributed by atoms with Crippen LogP contribution in [0.25, 0.3) is 0 Å². The number of rotatable bonds is 3. The normalized spacial score (nSPS) is 11.5. The van der Waals surface area contributed by atoms with E-state index in [0.29, 0.717) is 6.42 Å². The van der Waals surface area contributed by atoms with E-state index in [1.165, 1.54) is 0 Å². The molecule has 0 aliphatic carbocycles. The van der Waals surface area contributed by atoms with E-state index >= 15 is 0 Å². The quantitative estimate of drug-likeness (QED) is 0.836. The zero-order valence-corrected chi connectivity index (χ0v) is 9.93. The largest absolute Gasteiger partial charge is 0.481 e. The lowest BCUT2D eigenvalue weighted by molar-refractivity contribution is -0.146. The summed E-state index contributed by atoms with van der Waals surface area (Å²) >= 11 is 11.4. The molecule has 0 aromatic carbocycles. The Labute approximate surface area is 98.0 Å². The van der Waals surface area contributed by atoms with Gasteiger partial charge in [0.1, 0.15) is 10.3 Å². The first-order chi connectivity index (χ1) is 6.81. The number of carboxylic acids is 1. The van der Waals surface area contributed by atoms with Crippen molar-refractivity contribution in [2.45, 2.75) is 20.3 Å². The second-order valence-electron chi connectivity index (χ2n) is 3.99. The molecule has 0 aliphatic heterocycles. The van der Waals surface area contributed by atoms with Crippen LogP contribution in [0.5, 0.6) is 0 Å². The fourth-order valence-corrected chi connectivity index (χ4v) is 1.71. The number of aliphatic carboxylic acids is 1. The average molecular weight is 248 g/mol. The molecule has 0 unspecified atom stereocenters. The number of pyridine rings is 1. The minimum atomic E-state index is -0.855. The van der Waals surface area contributed by atoms with Crippen LogP contribution in [-0.4, -0.2) is 16.1 Å². The van der Waals surface area contributed by atoms with E-state index in [9.17, 15) is 4.79 Å². The smallest absolute Gasteiger partial charge is 0.309 e. The Hall–Kier alpha value is -0.800. The molecule has 0 amide bonds. The molecule has 0 spiro atoms. The van der Waals surface area contributed by atoms with Gasteiger partial charge in [-0.1, -0.05) is 23.2 Å². The second kappa shape index (κ2) is 4.37. The molecule has 1 heterocycles. The van der Waals surface area contributed by atoms with Gasteiger partial charge in [0, 0.05) is 0 Å². The fraction of sp³-hybridized carbons (Fsp3) is 0.400. The third-order valence-corrected chi connectivity index (χ3v) is 2.43. The van der Waals surface area contributed by atoms with Crippen molar-refractivity contribution in [1.82, 2.24) is 4.98 Å². The number of nitrogens with zero attached hydrogens (tertiary/aromatic N) is 1. The molecule has 1 aromatic rings. The third-order valence-electron chi connectivity index (χ3n) is 2.05. The van der Waals surface area contributed by atoms with Crippen LogP contribution in [0, 0.1) is 5.41 Å². The van der Waals surface area contributed by atoms with Gasteiger partial charge in [0.05, 0.1) is 5.41 Å². The van der Waals surface area contributed by atoms with Crippen LogP contribution >= 0.6 is 23.2 Å². The molecule has 82 valence electrons.